The highest BCUT2D eigenvalue weighted by molar-refractivity contribution is 7.09. The number of carbonyl (C=O) groups excluding carboxylic acids is 3. The van der Waals surface area contributed by atoms with Gasteiger partial charge in [0.15, 0.2) is 4.80 Å². The second kappa shape index (κ2) is 11.7. The number of aryl methyl sites for hydroxylation is 1. The van der Waals surface area contributed by atoms with Crippen molar-refractivity contribution < 1.29 is 19.1 Å². The minimum atomic E-state index is -0.397. The van der Waals surface area contributed by atoms with Crippen LogP contribution in [-0.4, -0.2) is 46.9 Å². The molecule has 9 heteroatoms. The lowest BCUT2D eigenvalue weighted by Crippen LogP contribution is -2.40. The van der Waals surface area contributed by atoms with Crippen molar-refractivity contribution in [1.29, 1.82) is 0 Å². The Bertz CT molecular complexity index is 1340. The van der Waals surface area contributed by atoms with Crippen molar-refractivity contribution in [3.8, 4) is 0 Å². The lowest BCUT2D eigenvalue weighted by atomic mass is 9.96. The zero-order valence-electron chi connectivity index (χ0n) is 20.3. The van der Waals surface area contributed by atoms with E-state index in [0.717, 1.165) is 10.4 Å². The van der Waals surface area contributed by atoms with Gasteiger partial charge in [0.25, 0.3) is 11.8 Å². The molecule has 0 spiro atoms. The molecule has 0 atom stereocenters. The summed E-state index contributed by atoms with van der Waals surface area (Å²) < 4.78 is 7.03. The van der Waals surface area contributed by atoms with Gasteiger partial charge in [-0.3, -0.25) is 14.4 Å². The number of hydrogen-bond donors (Lipinski definition) is 0. The van der Waals surface area contributed by atoms with Crippen molar-refractivity contribution in [3.05, 3.63) is 86.1 Å². The number of hydrogen-bond acceptors (Lipinski definition) is 5. The van der Waals surface area contributed by atoms with E-state index in [1.165, 1.54) is 11.3 Å². The number of halogens is 1. The third kappa shape index (κ3) is 6.12. The fourth-order valence-electron chi connectivity index (χ4n) is 4.25. The van der Waals surface area contributed by atoms with Crippen LogP contribution in [0.25, 0.3) is 0 Å². The molecule has 0 radical (unpaired) electrons. The molecule has 1 fully saturated rings. The molecule has 7 nitrogen and oxygen atoms in total. The summed E-state index contributed by atoms with van der Waals surface area (Å²) in [5.41, 5.74) is 1.88. The van der Waals surface area contributed by atoms with Crippen molar-refractivity contribution in [3.63, 3.8) is 0 Å². The van der Waals surface area contributed by atoms with Gasteiger partial charge >= 0.3 is 5.97 Å². The number of rotatable bonds is 6. The van der Waals surface area contributed by atoms with Gasteiger partial charge in [-0.25, -0.2) is 0 Å². The first-order chi connectivity index (χ1) is 17.4. The Hall–Kier alpha value is -3.23. The molecule has 1 saturated heterocycles. The molecule has 3 aromatic rings. The van der Waals surface area contributed by atoms with Crippen LogP contribution >= 0.6 is 22.9 Å². The van der Waals surface area contributed by atoms with Crippen LogP contribution in [0.2, 0.25) is 5.02 Å². The Morgan fingerprint density at radius 3 is 2.58 bits per heavy atom. The summed E-state index contributed by atoms with van der Waals surface area (Å²) in [6.45, 7) is 5.64. The molecule has 0 unspecified atom stereocenters. The molecule has 0 bridgehead atoms. The van der Waals surface area contributed by atoms with E-state index in [2.05, 4.69) is 4.99 Å². The summed E-state index contributed by atoms with van der Waals surface area (Å²) in [6.07, 6.45) is 3.16. The van der Waals surface area contributed by atoms with Gasteiger partial charge in [-0.2, -0.15) is 4.99 Å². The highest BCUT2D eigenvalue weighted by Gasteiger charge is 2.28. The third-order valence-electron chi connectivity index (χ3n) is 6.07. The molecule has 4 rings (SSSR count). The van der Waals surface area contributed by atoms with Crippen LogP contribution in [0.5, 0.6) is 0 Å². The van der Waals surface area contributed by atoms with Gasteiger partial charge < -0.3 is 14.2 Å². The monoisotopic (exact) mass is 525 g/mol. The molecular formula is C27H28ClN3O4S. The third-order valence-corrected chi connectivity index (χ3v) is 7.33. The molecule has 1 aromatic heterocycles. The van der Waals surface area contributed by atoms with Gasteiger partial charge in [-0.15, -0.1) is 11.3 Å². The maximum absolute atomic E-state index is 13.1. The second-order valence-corrected chi connectivity index (χ2v) is 10.3. The fourth-order valence-corrected chi connectivity index (χ4v) is 5.29. The van der Waals surface area contributed by atoms with E-state index in [4.69, 9.17) is 16.3 Å². The minimum absolute atomic E-state index is 0.0514. The van der Waals surface area contributed by atoms with Gasteiger partial charge in [-0.05, 0) is 56.5 Å². The van der Waals surface area contributed by atoms with E-state index in [9.17, 15) is 14.4 Å². The van der Waals surface area contributed by atoms with Crippen LogP contribution in [0.15, 0.2) is 59.7 Å². The summed E-state index contributed by atoms with van der Waals surface area (Å²) in [4.78, 5) is 45.6. The minimum Gasteiger partial charge on any atom is -0.466 e. The highest BCUT2D eigenvalue weighted by atomic mass is 35.5. The lowest BCUT2D eigenvalue weighted by Gasteiger charge is -2.31. The maximum atomic E-state index is 13.1. The molecule has 36 heavy (non-hydrogen) atoms. The molecule has 1 aliphatic rings. The Balaban J connectivity index is 1.48. The lowest BCUT2D eigenvalue weighted by molar-refractivity contribution is -0.149. The maximum Gasteiger partial charge on any atom is 0.309 e. The average molecular weight is 526 g/mol. The second-order valence-electron chi connectivity index (χ2n) is 8.67. The average Bonchev–Trinajstić information content (AvgIpc) is 3.22. The van der Waals surface area contributed by atoms with Gasteiger partial charge in [0.2, 0.25) is 0 Å². The molecule has 2 heterocycles. The first kappa shape index (κ1) is 25.9. The zero-order valence-corrected chi connectivity index (χ0v) is 21.8. The smallest absolute Gasteiger partial charge is 0.309 e. The largest absolute Gasteiger partial charge is 0.466 e. The van der Waals surface area contributed by atoms with E-state index in [-0.39, 0.29) is 17.8 Å². The Kier molecular flexibility index (Phi) is 8.38. The van der Waals surface area contributed by atoms with Crippen LogP contribution in [0.3, 0.4) is 0 Å². The van der Waals surface area contributed by atoms with Gasteiger partial charge in [0, 0.05) is 36.3 Å². The number of likely N-dealkylation sites (tertiary alicyclic amines) is 1. The molecular weight excluding hydrogens is 498 g/mol. The number of carbonyl (C=O) groups is 3. The van der Waals surface area contributed by atoms with Gasteiger partial charge in [0.05, 0.1) is 23.1 Å². The van der Waals surface area contributed by atoms with Crippen LogP contribution in [0, 0.1) is 12.8 Å². The summed E-state index contributed by atoms with van der Waals surface area (Å²) in [7, 11) is 0. The summed E-state index contributed by atoms with van der Waals surface area (Å²) in [5.74, 6) is -0.769. The van der Waals surface area contributed by atoms with Crippen LogP contribution in [0.1, 0.15) is 50.9 Å². The number of aromatic nitrogens is 1. The predicted octanol–water partition coefficient (Wildman–Crippen LogP) is 4.72. The normalized spacial score (nSPS) is 14.6. The number of thiazole rings is 1. The topological polar surface area (TPSA) is 81.0 Å². The molecule has 2 amide bonds. The summed E-state index contributed by atoms with van der Waals surface area (Å²) >= 11 is 7.59. The van der Waals surface area contributed by atoms with E-state index in [1.54, 1.807) is 42.2 Å². The number of ether oxygens (including phenoxy) is 1. The SMILES string of the molecule is CCOC(=O)C1CCN(C(=O)c2cccc(Cn3cc(C)sc3=NC(=O)c3ccccc3Cl)c2)CC1. The quantitative estimate of drug-likeness (QED) is 0.436. The molecule has 2 aromatic carbocycles. The van der Waals surface area contributed by atoms with E-state index in [0.29, 0.717) is 60.0 Å². The molecule has 0 N–H and O–H groups in total. The molecule has 188 valence electrons. The van der Waals surface area contributed by atoms with Crippen LogP contribution in [-0.2, 0) is 16.1 Å². The Labute approximate surface area is 219 Å². The van der Waals surface area contributed by atoms with Gasteiger partial charge in [-0.1, -0.05) is 35.9 Å². The summed E-state index contributed by atoms with van der Waals surface area (Å²) in [6, 6.07) is 14.3. The van der Waals surface area contributed by atoms with Crippen molar-refractivity contribution in [2.75, 3.05) is 19.7 Å². The number of piperidine rings is 1. The van der Waals surface area contributed by atoms with Crippen molar-refractivity contribution in [1.82, 2.24) is 9.47 Å². The first-order valence-corrected chi connectivity index (χ1v) is 13.1. The van der Waals surface area contributed by atoms with E-state index < -0.39 is 5.91 Å². The van der Waals surface area contributed by atoms with Crippen molar-refractivity contribution >= 4 is 40.7 Å². The van der Waals surface area contributed by atoms with E-state index in [1.807, 2.05) is 35.9 Å². The first-order valence-electron chi connectivity index (χ1n) is 11.9. The summed E-state index contributed by atoms with van der Waals surface area (Å²) in [5, 5.41) is 0.364. The van der Waals surface area contributed by atoms with Crippen LogP contribution in [0.4, 0.5) is 0 Å². The predicted molar refractivity (Wildman–Crippen MR) is 139 cm³/mol. The van der Waals surface area contributed by atoms with Gasteiger partial charge in [0.1, 0.15) is 0 Å². The number of amides is 2. The molecule has 0 aliphatic carbocycles. The van der Waals surface area contributed by atoms with Crippen molar-refractivity contribution in [2.24, 2.45) is 10.9 Å². The zero-order chi connectivity index (χ0) is 25.7. The standard InChI is InChI=1S/C27H28ClN3O4S/c1-3-35-26(34)20-11-13-30(14-12-20)25(33)21-8-6-7-19(15-21)17-31-16-18(2)36-27(31)29-24(32)22-9-4-5-10-23(22)28/h4-10,15-16,20H,3,11-14,17H2,1-2H3. The number of esters is 1. The Morgan fingerprint density at radius 2 is 1.86 bits per heavy atom. The van der Waals surface area contributed by atoms with E-state index >= 15 is 0 Å². The highest BCUT2D eigenvalue weighted by Crippen LogP contribution is 2.21. The van der Waals surface area contributed by atoms with Crippen molar-refractivity contribution in [2.45, 2.75) is 33.2 Å². The molecule has 1 aliphatic heterocycles. The fraction of sp³-hybridized carbons (Fsp3) is 0.333. The van der Waals surface area contributed by atoms with Crippen LogP contribution < -0.4 is 4.80 Å². The number of nitrogens with zero attached hydrogens (tertiary/aromatic N) is 3. The molecule has 0 saturated carbocycles. The number of benzene rings is 2. The Morgan fingerprint density at radius 1 is 1.11 bits per heavy atom.